The zero-order valence-corrected chi connectivity index (χ0v) is 16.9. The van der Waals surface area contributed by atoms with Gasteiger partial charge in [-0.25, -0.2) is 0 Å². The molecule has 1 unspecified atom stereocenters. The quantitative estimate of drug-likeness (QED) is 0.543. The van der Waals surface area contributed by atoms with Gasteiger partial charge in [0.2, 0.25) is 5.88 Å². The molecule has 0 saturated carbocycles. The molecule has 1 aromatic heterocycles. The Kier molecular flexibility index (Phi) is 5.75. The highest BCUT2D eigenvalue weighted by Crippen LogP contribution is 2.31. The average Bonchev–Trinajstić information content (AvgIpc) is 3.26. The maximum absolute atomic E-state index is 11.9. The van der Waals surface area contributed by atoms with Crippen molar-refractivity contribution in [3.8, 4) is 23.1 Å². The number of nitrogens with two attached hydrogens (primary N) is 1. The van der Waals surface area contributed by atoms with Crippen molar-refractivity contribution in [2.45, 2.75) is 6.42 Å². The summed E-state index contributed by atoms with van der Waals surface area (Å²) in [6, 6.07) is 19.8. The SMILES string of the molecule is C=C(O)C1CCN(c2ccc(C(N)=O)c(Oc3ccc(Oc4ccccc4)cc3)n2)C1. The fraction of sp³-hybridized carbons (Fsp3) is 0.167. The molecule has 0 spiro atoms. The first-order valence-corrected chi connectivity index (χ1v) is 9.94. The van der Waals surface area contributed by atoms with Crippen molar-refractivity contribution >= 4 is 11.7 Å². The number of hydrogen-bond acceptors (Lipinski definition) is 6. The molecule has 3 aromatic rings. The molecule has 4 rings (SSSR count). The Morgan fingerprint density at radius 2 is 1.65 bits per heavy atom. The molecule has 1 atom stereocenters. The minimum Gasteiger partial charge on any atom is -0.513 e. The molecule has 158 valence electrons. The van der Waals surface area contributed by atoms with Gasteiger partial charge >= 0.3 is 0 Å². The van der Waals surface area contributed by atoms with Crippen LogP contribution in [0, 0.1) is 5.92 Å². The van der Waals surface area contributed by atoms with Crippen molar-refractivity contribution in [1.29, 1.82) is 0 Å². The Balaban J connectivity index is 1.52. The van der Waals surface area contributed by atoms with E-state index in [0.717, 1.165) is 18.7 Å². The minimum atomic E-state index is -0.624. The summed E-state index contributed by atoms with van der Waals surface area (Å²) >= 11 is 0. The summed E-state index contributed by atoms with van der Waals surface area (Å²) in [4.78, 5) is 18.4. The van der Waals surface area contributed by atoms with E-state index >= 15 is 0 Å². The van der Waals surface area contributed by atoms with Gasteiger partial charge in [-0.2, -0.15) is 4.98 Å². The van der Waals surface area contributed by atoms with E-state index in [1.807, 2.05) is 35.2 Å². The van der Waals surface area contributed by atoms with E-state index < -0.39 is 5.91 Å². The molecule has 2 heterocycles. The first-order valence-electron chi connectivity index (χ1n) is 9.94. The molecule has 2 aromatic carbocycles. The second-order valence-electron chi connectivity index (χ2n) is 7.30. The van der Waals surface area contributed by atoms with Gasteiger partial charge in [0.05, 0.1) is 5.76 Å². The van der Waals surface area contributed by atoms with E-state index in [0.29, 0.717) is 23.9 Å². The smallest absolute Gasteiger partial charge is 0.254 e. The van der Waals surface area contributed by atoms with Crippen LogP contribution in [0.25, 0.3) is 0 Å². The van der Waals surface area contributed by atoms with Crippen molar-refractivity contribution in [3.63, 3.8) is 0 Å². The zero-order valence-electron chi connectivity index (χ0n) is 16.9. The Bertz CT molecular complexity index is 1080. The van der Waals surface area contributed by atoms with E-state index in [1.54, 1.807) is 36.4 Å². The van der Waals surface area contributed by atoms with Crippen LogP contribution in [0.3, 0.4) is 0 Å². The number of para-hydroxylation sites is 1. The van der Waals surface area contributed by atoms with Crippen molar-refractivity contribution in [3.05, 3.63) is 84.6 Å². The van der Waals surface area contributed by atoms with Gasteiger partial charge in [-0.1, -0.05) is 24.8 Å². The van der Waals surface area contributed by atoms with E-state index in [2.05, 4.69) is 11.6 Å². The number of carbonyl (C=O) groups excluding carboxylic acids is 1. The summed E-state index contributed by atoms with van der Waals surface area (Å²) < 4.78 is 11.7. The van der Waals surface area contributed by atoms with Gasteiger partial charge in [0.1, 0.15) is 28.6 Å². The summed E-state index contributed by atoms with van der Waals surface area (Å²) in [5.74, 6) is 2.21. The zero-order chi connectivity index (χ0) is 21.8. The first kappa shape index (κ1) is 20.3. The molecule has 0 radical (unpaired) electrons. The molecule has 1 aliphatic rings. The highest BCUT2D eigenvalue weighted by molar-refractivity contribution is 5.95. The number of nitrogens with zero attached hydrogens (tertiary/aromatic N) is 2. The topological polar surface area (TPSA) is 97.9 Å². The molecule has 0 aliphatic carbocycles. The Hall–Kier alpha value is -4.00. The van der Waals surface area contributed by atoms with Gasteiger partial charge in [-0.15, -0.1) is 0 Å². The molecular weight excluding hydrogens is 394 g/mol. The van der Waals surface area contributed by atoms with Crippen molar-refractivity contribution in [2.75, 3.05) is 18.0 Å². The standard InChI is InChI=1S/C24H23N3O4/c1-16(28)17-13-14-27(15-17)22-12-11-21(23(25)29)24(26-22)31-20-9-7-19(8-10-20)30-18-5-3-2-4-6-18/h2-12,17,28H,1,13-15H2,(H2,25,29). The number of ether oxygens (including phenoxy) is 2. The lowest BCUT2D eigenvalue weighted by atomic mass is 10.1. The van der Waals surface area contributed by atoms with E-state index in [4.69, 9.17) is 15.2 Å². The summed E-state index contributed by atoms with van der Waals surface area (Å²) in [5.41, 5.74) is 5.70. The number of carbonyl (C=O) groups is 1. The van der Waals surface area contributed by atoms with Crippen molar-refractivity contribution in [1.82, 2.24) is 4.98 Å². The first-order chi connectivity index (χ1) is 15.0. The van der Waals surface area contributed by atoms with Gasteiger partial charge in [0, 0.05) is 19.0 Å². The fourth-order valence-corrected chi connectivity index (χ4v) is 3.42. The summed E-state index contributed by atoms with van der Waals surface area (Å²) in [5, 5.41) is 9.66. The van der Waals surface area contributed by atoms with Crippen LogP contribution in [0.1, 0.15) is 16.8 Å². The average molecular weight is 417 g/mol. The van der Waals surface area contributed by atoms with E-state index in [9.17, 15) is 9.90 Å². The summed E-state index contributed by atoms with van der Waals surface area (Å²) in [6.45, 7) is 4.94. The van der Waals surface area contributed by atoms with Crippen LogP contribution >= 0.6 is 0 Å². The third kappa shape index (κ3) is 4.78. The summed E-state index contributed by atoms with van der Waals surface area (Å²) in [7, 11) is 0. The predicted octanol–water partition coefficient (Wildman–Crippen LogP) is 4.66. The van der Waals surface area contributed by atoms with Crippen LogP contribution < -0.4 is 20.1 Å². The molecule has 1 saturated heterocycles. The molecular formula is C24H23N3O4. The number of anilines is 1. The molecule has 1 amide bonds. The number of primary amides is 1. The minimum absolute atomic E-state index is 0.000792. The van der Waals surface area contributed by atoms with Gasteiger partial charge in [-0.3, -0.25) is 4.79 Å². The third-order valence-electron chi connectivity index (χ3n) is 5.11. The highest BCUT2D eigenvalue weighted by atomic mass is 16.5. The lowest BCUT2D eigenvalue weighted by Crippen LogP contribution is -2.22. The molecule has 0 bridgehead atoms. The van der Waals surface area contributed by atoms with Crippen LogP contribution in [0.4, 0.5) is 5.82 Å². The molecule has 7 heteroatoms. The van der Waals surface area contributed by atoms with Gasteiger partial charge in [0.15, 0.2) is 0 Å². The van der Waals surface area contributed by atoms with Gasteiger partial charge < -0.3 is 25.2 Å². The number of pyridine rings is 1. The van der Waals surface area contributed by atoms with Crippen LogP contribution in [0.5, 0.6) is 23.1 Å². The second kappa shape index (κ2) is 8.79. The predicted molar refractivity (Wildman–Crippen MR) is 118 cm³/mol. The Morgan fingerprint density at radius 3 is 2.26 bits per heavy atom. The maximum Gasteiger partial charge on any atom is 0.254 e. The number of hydrogen-bond donors (Lipinski definition) is 2. The number of benzene rings is 2. The molecule has 3 N–H and O–H groups in total. The van der Waals surface area contributed by atoms with E-state index in [-0.39, 0.29) is 23.1 Å². The Morgan fingerprint density at radius 1 is 1.00 bits per heavy atom. The number of rotatable bonds is 7. The molecule has 7 nitrogen and oxygen atoms in total. The molecule has 1 aliphatic heterocycles. The maximum atomic E-state index is 11.9. The normalized spacial score (nSPS) is 15.5. The highest BCUT2D eigenvalue weighted by Gasteiger charge is 2.26. The van der Waals surface area contributed by atoms with Crippen molar-refractivity contribution < 1.29 is 19.4 Å². The summed E-state index contributed by atoms with van der Waals surface area (Å²) in [6.07, 6.45) is 0.785. The van der Waals surface area contributed by atoms with Crippen LogP contribution in [0.2, 0.25) is 0 Å². The Labute approximate surface area is 180 Å². The van der Waals surface area contributed by atoms with E-state index in [1.165, 1.54) is 0 Å². The molecule has 1 fully saturated rings. The van der Waals surface area contributed by atoms with Gasteiger partial charge in [-0.05, 0) is 55.0 Å². The number of aliphatic hydroxyl groups excluding tert-OH is 1. The second-order valence-corrected chi connectivity index (χ2v) is 7.30. The number of aromatic nitrogens is 1. The van der Waals surface area contributed by atoms with Crippen molar-refractivity contribution in [2.24, 2.45) is 11.7 Å². The van der Waals surface area contributed by atoms with Gasteiger partial charge in [0.25, 0.3) is 5.91 Å². The fourth-order valence-electron chi connectivity index (χ4n) is 3.42. The third-order valence-corrected chi connectivity index (χ3v) is 5.11. The monoisotopic (exact) mass is 417 g/mol. The largest absolute Gasteiger partial charge is 0.513 e. The van der Waals surface area contributed by atoms with Crippen LogP contribution in [-0.2, 0) is 0 Å². The molecule has 31 heavy (non-hydrogen) atoms. The number of aliphatic hydroxyl groups is 1. The lowest BCUT2D eigenvalue weighted by Gasteiger charge is -2.19. The number of amides is 1. The van der Waals surface area contributed by atoms with Crippen LogP contribution in [-0.4, -0.2) is 29.1 Å². The van der Waals surface area contributed by atoms with Crippen LogP contribution in [0.15, 0.2) is 79.1 Å². The lowest BCUT2D eigenvalue weighted by molar-refractivity contribution is 0.0997.